The highest BCUT2D eigenvalue weighted by atomic mass is 35.5. The van der Waals surface area contributed by atoms with Gasteiger partial charge >= 0.3 is 6.18 Å². The molecule has 1 N–H and O–H groups in total. The van der Waals surface area contributed by atoms with Gasteiger partial charge in [-0.15, -0.1) is 11.6 Å². The molecule has 2 rings (SSSR count). The van der Waals surface area contributed by atoms with Crippen LogP contribution in [-0.2, 0) is 10.7 Å². The van der Waals surface area contributed by atoms with Gasteiger partial charge in [0.15, 0.2) is 12.4 Å². The van der Waals surface area contributed by atoms with E-state index in [1.807, 2.05) is 0 Å². The summed E-state index contributed by atoms with van der Waals surface area (Å²) in [6.07, 6.45) is -6.06. The fraction of sp³-hybridized carbons (Fsp3) is 0.316. The lowest BCUT2D eigenvalue weighted by atomic mass is 10.00. The maximum atomic E-state index is 14.9. The highest BCUT2D eigenvalue weighted by Gasteiger charge is 2.39. The summed E-state index contributed by atoms with van der Waals surface area (Å²) >= 11 is 17.4. The Morgan fingerprint density at radius 3 is 2.00 bits per heavy atom. The first-order valence-electron chi connectivity index (χ1n) is 8.43. The van der Waals surface area contributed by atoms with Gasteiger partial charge in [0, 0.05) is 11.1 Å². The minimum absolute atomic E-state index is 0.106. The first kappa shape index (κ1) is 25.5. The quantitative estimate of drug-likeness (QED) is 0.353. The zero-order valence-electron chi connectivity index (χ0n) is 15.4. The van der Waals surface area contributed by atoms with Crippen molar-refractivity contribution in [3.05, 3.63) is 57.6 Å². The van der Waals surface area contributed by atoms with Crippen molar-refractivity contribution < 1.29 is 41.3 Å². The number of aliphatic hydroxyl groups excluding tert-OH is 1. The van der Waals surface area contributed by atoms with E-state index < -0.39 is 41.7 Å². The second-order valence-electron chi connectivity index (χ2n) is 6.20. The van der Waals surface area contributed by atoms with Crippen LogP contribution in [0.1, 0.15) is 11.1 Å². The van der Waals surface area contributed by atoms with Crippen molar-refractivity contribution in [3.63, 3.8) is 0 Å². The molecule has 0 amide bonds. The Kier molecular flexibility index (Phi) is 8.38. The molecule has 0 fully saturated rings. The number of ketones is 1. The Hall–Kier alpha value is -1.81. The van der Waals surface area contributed by atoms with E-state index in [9.17, 15) is 31.9 Å². The maximum Gasteiger partial charge on any atom is 0.453 e. The summed E-state index contributed by atoms with van der Waals surface area (Å²) in [4.78, 5) is 10.8. The zero-order valence-corrected chi connectivity index (χ0v) is 17.6. The molecule has 0 radical (unpaired) electrons. The summed E-state index contributed by atoms with van der Waals surface area (Å²) in [5.74, 6) is -6.11. The normalized spacial score (nSPS) is 13.1. The SMILES string of the molecule is O=C(COc1ccc(C(F)(F)c2cc(Cl)c(OC[C@H](O)CCl)c(Cl)c2)cc1)C(F)(F)F. The smallest absolute Gasteiger partial charge is 0.453 e. The molecule has 0 aliphatic heterocycles. The maximum absolute atomic E-state index is 14.9. The molecule has 0 spiro atoms. The van der Waals surface area contributed by atoms with Gasteiger partial charge in [0.2, 0.25) is 0 Å². The summed E-state index contributed by atoms with van der Waals surface area (Å²) in [7, 11) is 0. The Morgan fingerprint density at radius 1 is 0.968 bits per heavy atom. The number of ether oxygens (including phenoxy) is 2. The predicted molar refractivity (Wildman–Crippen MR) is 105 cm³/mol. The zero-order chi connectivity index (χ0) is 23.4. The predicted octanol–water partition coefficient (Wildman–Crippen LogP) is 5.62. The fourth-order valence-electron chi connectivity index (χ4n) is 2.26. The van der Waals surface area contributed by atoms with E-state index in [4.69, 9.17) is 39.5 Å². The number of aliphatic hydroxyl groups is 1. The van der Waals surface area contributed by atoms with Crippen LogP contribution in [0.25, 0.3) is 0 Å². The van der Waals surface area contributed by atoms with Gasteiger partial charge in [0.05, 0.1) is 15.9 Å². The van der Waals surface area contributed by atoms with Gasteiger partial charge in [-0.05, 0) is 36.4 Å². The van der Waals surface area contributed by atoms with Gasteiger partial charge in [-0.25, -0.2) is 0 Å². The Labute approximate surface area is 188 Å². The topological polar surface area (TPSA) is 55.8 Å². The highest BCUT2D eigenvalue weighted by molar-refractivity contribution is 6.37. The third-order valence-corrected chi connectivity index (χ3v) is 4.78. The number of Topliss-reactive ketones (excluding diaryl/α,β-unsaturated/α-hetero) is 1. The van der Waals surface area contributed by atoms with E-state index in [0.29, 0.717) is 0 Å². The van der Waals surface area contributed by atoms with Crippen molar-refractivity contribution in [1.82, 2.24) is 0 Å². The van der Waals surface area contributed by atoms with E-state index in [2.05, 4.69) is 4.74 Å². The van der Waals surface area contributed by atoms with Crippen LogP contribution in [0.3, 0.4) is 0 Å². The van der Waals surface area contributed by atoms with Gasteiger partial charge in [-0.3, -0.25) is 4.79 Å². The molecule has 2 aromatic rings. The largest absolute Gasteiger partial charge is 0.488 e. The van der Waals surface area contributed by atoms with Crippen LogP contribution in [0, 0.1) is 0 Å². The van der Waals surface area contributed by atoms with E-state index in [0.717, 1.165) is 36.4 Å². The molecule has 2 aromatic carbocycles. The van der Waals surface area contributed by atoms with E-state index in [-0.39, 0.29) is 34.0 Å². The van der Waals surface area contributed by atoms with Gasteiger partial charge in [0.1, 0.15) is 18.5 Å². The molecule has 0 saturated heterocycles. The van der Waals surface area contributed by atoms with Crippen LogP contribution in [0.2, 0.25) is 10.0 Å². The molecule has 0 aliphatic rings. The van der Waals surface area contributed by atoms with Gasteiger partial charge in [0.25, 0.3) is 11.7 Å². The molecule has 0 saturated carbocycles. The van der Waals surface area contributed by atoms with Crippen molar-refractivity contribution >= 4 is 40.6 Å². The molecule has 170 valence electrons. The van der Waals surface area contributed by atoms with Gasteiger partial charge in [-0.1, -0.05) is 23.2 Å². The number of hydrogen-bond donors (Lipinski definition) is 1. The van der Waals surface area contributed by atoms with Crippen LogP contribution in [0.5, 0.6) is 11.5 Å². The van der Waals surface area contributed by atoms with Crippen molar-refractivity contribution in [2.75, 3.05) is 19.1 Å². The van der Waals surface area contributed by atoms with Crippen LogP contribution in [-0.4, -0.2) is 42.3 Å². The second kappa shape index (κ2) is 10.2. The Morgan fingerprint density at radius 2 is 1.52 bits per heavy atom. The van der Waals surface area contributed by atoms with Crippen molar-refractivity contribution in [2.45, 2.75) is 18.2 Å². The third kappa shape index (κ3) is 6.58. The van der Waals surface area contributed by atoms with E-state index in [1.54, 1.807) is 0 Å². The van der Waals surface area contributed by atoms with Crippen molar-refractivity contribution in [1.29, 1.82) is 0 Å². The average molecular weight is 508 g/mol. The molecule has 0 bridgehead atoms. The molecular weight excluding hydrogens is 494 g/mol. The summed E-state index contributed by atoms with van der Waals surface area (Å²) in [5, 5.41) is 8.96. The molecule has 4 nitrogen and oxygen atoms in total. The number of carbonyl (C=O) groups is 1. The second-order valence-corrected chi connectivity index (χ2v) is 7.32. The lowest BCUT2D eigenvalue weighted by molar-refractivity contribution is -0.173. The van der Waals surface area contributed by atoms with Crippen molar-refractivity contribution in [3.8, 4) is 11.5 Å². The van der Waals surface area contributed by atoms with Crippen molar-refractivity contribution in [2.24, 2.45) is 0 Å². The van der Waals surface area contributed by atoms with Gasteiger partial charge in [-0.2, -0.15) is 22.0 Å². The average Bonchev–Trinajstić information content (AvgIpc) is 2.70. The summed E-state index contributed by atoms with van der Waals surface area (Å²) in [6, 6.07) is 5.72. The molecule has 0 aromatic heterocycles. The number of hydrogen-bond acceptors (Lipinski definition) is 4. The minimum atomic E-state index is -5.05. The number of rotatable bonds is 9. The third-order valence-electron chi connectivity index (χ3n) is 3.86. The first-order valence-corrected chi connectivity index (χ1v) is 9.72. The highest BCUT2D eigenvalue weighted by Crippen LogP contribution is 2.42. The molecule has 31 heavy (non-hydrogen) atoms. The number of carbonyl (C=O) groups excluding carboxylic acids is 1. The molecule has 0 unspecified atom stereocenters. The van der Waals surface area contributed by atoms with Crippen LogP contribution < -0.4 is 9.47 Å². The van der Waals surface area contributed by atoms with E-state index in [1.165, 1.54) is 0 Å². The Bertz CT molecular complexity index is 897. The monoisotopic (exact) mass is 506 g/mol. The Balaban J connectivity index is 2.18. The minimum Gasteiger partial charge on any atom is -0.488 e. The van der Waals surface area contributed by atoms with Crippen LogP contribution in [0.15, 0.2) is 36.4 Å². The first-order chi connectivity index (χ1) is 14.4. The fourth-order valence-corrected chi connectivity index (χ4v) is 2.95. The molecule has 1 atom stereocenters. The number of alkyl halides is 6. The standard InChI is InChI=1S/C19H14Cl3F5O4/c20-7-12(28)8-31-17-14(21)5-11(6-15(17)22)18(23,24)10-1-3-13(4-2-10)30-9-16(29)19(25,26)27/h1-6,12,28H,7-9H2/t12-/m1/s1. The lowest BCUT2D eigenvalue weighted by Gasteiger charge is -2.20. The van der Waals surface area contributed by atoms with Gasteiger partial charge < -0.3 is 14.6 Å². The molecule has 0 aliphatic carbocycles. The lowest BCUT2D eigenvalue weighted by Crippen LogP contribution is -2.28. The molecular formula is C19H14Cl3F5O4. The number of halogens is 8. The van der Waals surface area contributed by atoms with Crippen LogP contribution in [0.4, 0.5) is 22.0 Å². The number of benzene rings is 2. The summed E-state index contributed by atoms with van der Waals surface area (Å²) in [6.45, 7) is -1.53. The van der Waals surface area contributed by atoms with E-state index >= 15 is 0 Å². The summed E-state index contributed by atoms with van der Waals surface area (Å²) in [5.41, 5.74) is -1.10. The molecule has 0 heterocycles. The van der Waals surface area contributed by atoms with Crippen LogP contribution >= 0.6 is 34.8 Å². The summed E-state index contributed by atoms with van der Waals surface area (Å²) < 4.78 is 76.2. The molecule has 12 heteroatoms.